The molecule has 2 amide bonds. The number of amides is 2. The van der Waals surface area contributed by atoms with Crippen LogP contribution in [0, 0.1) is 5.92 Å². The SMILES string of the molecule is CCCNC(=O)c1ccccc1NC(=O)C1CCN(S(=O)(=O)Cc2cccc(Cl)c2)CC1. The van der Waals surface area contributed by atoms with Crippen LogP contribution in [0.3, 0.4) is 0 Å². The Balaban J connectivity index is 1.59. The van der Waals surface area contributed by atoms with Gasteiger partial charge in [-0.2, -0.15) is 0 Å². The second-order valence-electron chi connectivity index (χ2n) is 7.85. The van der Waals surface area contributed by atoms with Crippen molar-refractivity contribution in [1.29, 1.82) is 0 Å². The molecule has 172 valence electrons. The van der Waals surface area contributed by atoms with Gasteiger partial charge in [-0.15, -0.1) is 0 Å². The third kappa shape index (κ3) is 6.31. The first kappa shape index (κ1) is 24.2. The number of sulfonamides is 1. The monoisotopic (exact) mass is 477 g/mol. The molecule has 32 heavy (non-hydrogen) atoms. The number of nitrogens with one attached hydrogen (secondary N) is 2. The number of anilines is 1. The Morgan fingerprint density at radius 3 is 2.50 bits per heavy atom. The van der Waals surface area contributed by atoms with E-state index < -0.39 is 10.0 Å². The molecule has 0 bridgehead atoms. The summed E-state index contributed by atoms with van der Waals surface area (Å²) in [5, 5.41) is 6.17. The predicted molar refractivity (Wildman–Crippen MR) is 126 cm³/mol. The maximum absolute atomic E-state index is 12.8. The molecule has 0 atom stereocenters. The second kappa shape index (κ2) is 10.9. The smallest absolute Gasteiger partial charge is 0.253 e. The van der Waals surface area contributed by atoms with E-state index in [-0.39, 0.29) is 36.6 Å². The summed E-state index contributed by atoms with van der Waals surface area (Å²) in [6.07, 6.45) is 1.66. The molecule has 7 nitrogen and oxygen atoms in total. The lowest BCUT2D eigenvalue weighted by molar-refractivity contribution is -0.120. The first-order valence-electron chi connectivity index (χ1n) is 10.7. The Morgan fingerprint density at radius 2 is 1.81 bits per heavy atom. The van der Waals surface area contributed by atoms with Crippen LogP contribution in [0.5, 0.6) is 0 Å². The van der Waals surface area contributed by atoms with Crippen LogP contribution in [0.15, 0.2) is 48.5 Å². The van der Waals surface area contributed by atoms with Gasteiger partial charge in [-0.3, -0.25) is 9.59 Å². The van der Waals surface area contributed by atoms with Crippen molar-refractivity contribution in [3.63, 3.8) is 0 Å². The Labute approximate surface area is 194 Å². The van der Waals surface area contributed by atoms with E-state index in [9.17, 15) is 18.0 Å². The lowest BCUT2D eigenvalue weighted by Crippen LogP contribution is -2.42. The van der Waals surface area contributed by atoms with Crippen LogP contribution in [0.2, 0.25) is 5.02 Å². The van der Waals surface area contributed by atoms with Crippen LogP contribution < -0.4 is 10.6 Å². The van der Waals surface area contributed by atoms with Gasteiger partial charge in [0.2, 0.25) is 15.9 Å². The van der Waals surface area contributed by atoms with Crippen molar-refractivity contribution in [2.75, 3.05) is 25.0 Å². The van der Waals surface area contributed by atoms with Crippen molar-refractivity contribution >= 4 is 39.1 Å². The minimum absolute atomic E-state index is 0.120. The van der Waals surface area contributed by atoms with Crippen LogP contribution in [-0.2, 0) is 20.6 Å². The van der Waals surface area contributed by atoms with E-state index in [0.717, 1.165) is 6.42 Å². The van der Waals surface area contributed by atoms with Gasteiger partial charge in [-0.05, 0) is 49.1 Å². The third-order valence-electron chi connectivity index (χ3n) is 5.42. The fraction of sp³-hybridized carbons (Fsp3) is 0.391. The molecule has 1 fully saturated rings. The molecule has 1 aliphatic heterocycles. The van der Waals surface area contributed by atoms with Gasteiger partial charge in [0.15, 0.2) is 0 Å². The molecule has 1 aliphatic rings. The van der Waals surface area contributed by atoms with Crippen LogP contribution in [0.25, 0.3) is 0 Å². The maximum Gasteiger partial charge on any atom is 0.253 e. The fourth-order valence-corrected chi connectivity index (χ4v) is 5.45. The van der Waals surface area contributed by atoms with Crippen molar-refractivity contribution in [3.05, 3.63) is 64.7 Å². The number of nitrogens with zero attached hydrogens (tertiary/aromatic N) is 1. The quantitative estimate of drug-likeness (QED) is 0.606. The van der Waals surface area contributed by atoms with Crippen molar-refractivity contribution < 1.29 is 18.0 Å². The number of rotatable bonds is 8. The number of hydrogen-bond donors (Lipinski definition) is 2. The third-order valence-corrected chi connectivity index (χ3v) is 7.51. The van der Waals surface area contributed by atoms with E-state index >= 15 is 0 Å². The predicted octanol–water partition coefficient (Wildman–Crippen LogP) is 3.66. The summed E-state index contributed by atoms with van der Waals surface area (Å²) in [5.74, 6) is -0.873. The standard InChI is InChI=1S/C23H28ClN3O4S/c1-2-12-25-23(29)20-8-3-4-9-21(20)26-22(28)18-10-13-27(14-11-18)32(30,31)16-17-6-5-7-19(24)15-17/h3-9,15,18H,2,10-14,16H2,1H3,(H,25,29)(H,26,28). The first-order chi connectivity index (χ1) is 15.3. The fourth-order valence-electron chi connectivity index (χ4n) is 3.68. The van der Waals surface area contributed by atoms with Crippen LogP contribution in [0.4, 0.5) is 5.69 Å². The van der Waals surface area contributed by atoms with Gasteiger partial charge in [0.05, 0.1) is 17.0 Å². The summed E-state index contributed by atoms with van der Waals surface area (Å²) >= 11 is 5.96. The number of benzene rings is 2. The van der Waals surface area contributed by atoms with E-state index in [0.29, 0.717) is 41.2 Å². The summed E-state index contributed by atoms with van der Waals surface area (Å²) in [6.45, 7) is 3.08. The Bertz CT molecular complexity index is 1070. The summed E-state index contributed by atoms with van der Waals surface area (Å²) in [7, 11) is -3.50. The highest BCUT2D eigenvalue weighted by Crippen LogP contribution is 2.24. The Kier molecular flexibility index (Phi) is 8.28. The molecular weight excluding hydrogens is 450 g/mol. The molecule has 3 rings (SSSR count). The second-order valence-corrected chi connectivity index (χ2v) is 10.3. The highest BCUT2D eigenvalue weighted by molar-refractivity contribution is 7.88. The van der Waals surface area contributed by atoms with E-state index in [4.69, 9.17) is 11.6 Å². The zero-order valence-corrected chi connectivity index (χ0v) is 19.6. The molecule has 1 heterocycles. The van der Waals surface area contributed by atoms with Gasteiger partial charge in [0, 0.05) is 30.6 Å². The normalized spacial score (nSPS) is 15.3. The average Bonchev–Trinajstić information content (AvgIpc) is 2.77. The largest absolute Gasteiger partial charge is 0.352 e. The number of halogens is 1. The van der Waals surface area contributed by atoms with E-state index in [1.807, 2.05) is 6.92 Å². The molecule has 2 aromatic rings. The first-order valence-corrected chi connectivity index (χ1v) is 12.7. The highest BCUT2D eigenvalue weighted by Gasteiger charge is 2.31. The minimum atomic E-state index is -3.50. The number of hydrogen-bond acceptors (Lipinski definition) is 4. The lowest BCUT2D eigenvalue weighted by Gasteiger charge is -2.30. The number of carbonyl (C=O) groups excluding carboxylic acids is 2. The van der Waals surface area contributed by atoms with Crippen LogP contribution >= 0.6 is 11.6 Å². The number of para-hydroxylation sites is 1. The molecule has 0 aromatic heterocycles. The molecular formula is C23H28ClN3O4S. The van der Waals surface area contributed by atoms with Crippen molar-refractivity contribution in [2.45, 2.75) is 31.9 Å². The molecule has 0 radical (unpaired) electrons. The molecule has 0 aliphatic carbocycles. The molecule has 2 N–H and O–H groups in total. The molecule has 9 heteroatoms. The summed E-state index contributed by atoms with van der Waals surface area (Å²) < 4.78 is 27.0. The summed E-state index contributed by atoms with van der Waals surface area (Å²) in [6, 6.07) is 13.7. The van der Waals surface area contributed by atoms with Gasteiger partial charge in [-0.1, -0.05) is 42.8 Å². The van der Waals surface area contributed by atoms with Gasteiger partial charge < -0.3 is 10.6 Å². The Hall–Kier alpha value is -2.42. The Morgan fingerprint density at radius 1 is 1.09 bits per heavy atom. The van der Waals surface area contributed by atoms with Crippen molar-refractivity contribution in [1.82, 2.24) is 9.62 Å². The number of carbonyl (C=O) groups is 2. The number of piperidine rings is 1. The summed E-state index contributed by atoms with van der Waals surface area (Å²) in [4.78, 5) is 25.2. The van der Waals surface area contributed by atoms with E-state index in [1.54, 1.807) is 48.5 Å². The highest BCUT2D eigenvalue weighted by atomic mass is 35.5. The van der Waals surface area contributed by atoms with Gasteiger partial charge in [0.25, 0.3) is 5.91 Å². The van der Waals surface area contributed by atoms with Gasteiger partial charge in [-0.25, -0.2) is 12.7 Å². The average molecular weight is 478 g/mol. The zero-order chi connectivity index (χ0) is 23.1. The molecule has 2 aromatic carbocycles. The topological polar surface area (TPSA) is 95.6 Å². The van der Waals surface area contributed by atoms with Gasteiger partial charge in [0.1, 0.15) is 0 Å². The van der Waals surface area contributed by atoms with Crippen LogP contribution in [-0.4, -0.2) is 44.2 Å². The molecule has 0 spiro atoms. The zero-order valence-electron chi connectivity index (χ0n) is 18.0. The van der Waals surface area contributed by atoms with E-state index in [2.05, 4.69) is 10.6 Å². The van der Waals surface area contributed by atoms with Crippen molar-refractivity contribution in [2.24, 2.45) is 5.92 Å². The lowest BCUT2D eigenvalue weighted by atomic mass is 9.97. The molecule has 0 saturated carbocycles. The van der Waals surface area contributed by atoms with Crippen LogP contribution in [0.1, 0.15) is 42.1 Å². The van der Waals surface area contributed by atoms with Gasteiger partial charge >= 0.3 is 0 Å². The van der Waals surface area contributed by atoms with E-state index in [1.165, 1.54) is 4.31 Å². The van der Waals surface area contributed by atoms with Crippen molar-refractivity contribution in [3.8, 4) is 0 Å². The minimum Gasteiger partial charge on any atom is -0.352 e. The summed E-state index contributed by atoms with van der Waals surface area (Å²) in [5.41, 5.74) is 1.51. The molecule has 0 unspecified atom stereocenters. The molecule has 1 saturated heterocycles. The maximum atomic E-state index is 12.8.